The van der Waals surface area contributed by atoms with Gasteiger partial charge in [0.25, 0.3) is 0 Å². The standard InChI is InChI=1S/C18H25NO.C2H6/c1-5-14(3)11-18(6-2)20-13-17(19)12-16-9-7-8-15(4)10-16;1-2/h5-11,17H,1,12-13,19H2,2-4H3;1-2H3/b14-11-,18-6+;. The number of aryl methyl sites for hydroxylation is 1. The maximum atomic E-state index is 6.13. The fourth-order valence-corrected chi connectivity index (χ4v) is 1.90. The molecule has 1 atom stereocenters. The highest BCUT2D eigenvalue weighted by atomic mass is 16.5. The Hall–Kier alpha value is -1.80. The summed E-state index contributed by atoms with van der Waals surface area (Å²) in [6.45, 7) is 14.3. The largest absolute Gasteiger partial charge is 0.492 e. The summed E-state index contributed by atoms with van der Waals surface area (Å²) in [6.07, 6.45) is 6.53. The lowest BCUT2D eigenvalue weighted by Gasteiger charge is -2.14. The first kappa shape index (κ1) is 20.2. The number of hydrogen-bond acceptors (Lipinski definition) is 2. The Kier molecular flexibility index (Phi) is 10.8. The van der Waals surface area contributed by atoms with E-state index in [4.69, 9.17) is 10.5 Å². The Bertz CT molecular complexity index is 500. The third-order valence-electron chi connectivity index (χ3n) is 3.02. The minimum Gasteiger partial charge on any atom is -0.492 e. The maximum absolute atomic E-state index is 6.13. The van der Waals surface area contributed by atoms with Crippen LogP contribution in [0.15, 0.2) is 60.4 Å². The molecule has 0 aliphatic heterocycles. The van der Waals surface area contributed by atoms with Crippen LogP contribution in [0.25, 0.3) is 0 Å². The number of benzene rings is 1. The summed E-state index contributed by atoms with van der Waals surface area (Å²) < 4.78 is 5.74. The van der Waals surface area contributed by atoms with E-state index in [0.29, 0.717) is 6.61 Å². The van der Waals surface area contributed by atoms with Crippen molar-refractivity contribution in [3.63, 3.8) is 0 Å². The molecule has 1 unspecified atom stereocenters. The van der Waals surface area contributed by atoms with Crippen LogP contribution < -0.4 is 5.73 Å². The lowest BCUT2D eigenvalue weighted by atomic mass is 10.1. The van der Waals surface area contributed by atoms with Crippen LogP contribution in [-0.4, -0.2) is 12.6 Å². The second-order valence-corrected chi connectivity index (χ2v) is 5.05. The van der Waals surface area contributed by atoms with E-state index in [1.54, 1.807) is 6.08 Å². The second-order valence-electron chi connectivity index (χ2n) is 5.05. The average Bonchev–Trinajstić information content (AvgIpc) is 2.53. The first-order valence-electron chi connectivity index (χ1n) is 7.96. The van der Waals surface area contributed by atoms with Gasteiger partial charge >= 0.3 is 0 Å². The molecular formula is C20H31NO. The number of hydrogen-bond donors (Lipinski definition) is 1. The molecule has 22 heavy (non-hydrogen) atoms. The van der Waals surface area contributed by atoms with Gasteiger partial charge in [-0.3, -0.25) is 0 Å². The van der Waals surface area contributed by atoms with E-state index in [9.17, 15) is 0 Å². The molecule has 2 heteroatoms. The van der Waals surface area contributed by atoms with E-state index in [1.807, 2.05) is 39.8 Å². The van der Waals surface area contributed by atoms with Crippen LogP contribution >= 0.6 is 0 Å². The molecule has 1 aromatic carbocycles. The summed E-state index contributed by atoms with van der Waals surface area (Å²) in [7, 11) is 0. The van der Waals surface area contributed by atoms with Gasteiger partial charge < -0.3 is 10.5 Å². The summed E-state index contributed by atoms with van der Waals surface area (Å²) in [5.41, 5.74) is 9.71. The van der Waals surface area contributed by atoms with E-state index >= 15 is 0 Å². The molecule has 0 bridgehead atoms. The smallest absolute Gasteiger partial charge is 0.115 e. The molecule has 0 aromatic heterocycles. The van der Waals surface area contributed by atoms with Crippen LogP contribution in [0.4, 0.5) is 0 Å². The molecular weight excluding hydrogens is 270 g/mol. The van der Waals surface area contributed by atoms with Gasteiger partial charge in [-0.05, 0) is 50.5 Å². The van der Waals surface area contributed by atoms with Crippen LogP contribution in [0.3, 0.4) is 0 Å². The molecule has 0 spiro atoms. The highest BCUT2D eigenvalue weighted by molar-refractivity contribution is 5.24. The van der Waals surface area contributed by atoms with Gasteiger partial charge in [-0.2, -0.15) is 0 Å². The van der Waals surface area contributed by atoms with Crippen LogP contribution in [0, 0.1) is 6.92 Å². The first-order chi connectivity index (χ1) is 10.5. The van der Waals surface area contributed by atoms with Crippen molar-refractivity contribution in [2.75, 3.05) is 6.61 Å². The van der Waals surface area contributed by atoms with Crippen molar-refractivity contribution in [2.24, 2.45) is 5.73 Å². The summed E-state index contributed by atoms with van der Waals surface area (Å²) in [4.78, 5) is 0. The Labute approximate surface area is 136 Å². The van der Waals surface area contributed by atoms with Crippen molar-refractivity contribution >= 4 is 0 Å². The zero-order valence-electron chi connectivity index (χ0n) is 14.7. The SMILES string of the molecule is C=C/C(C)=C\C(=C/C)OCC(N)Cc1cccc(C)c1.CC. The Morgan fingerprint density at radius 1 is 1.36 bits per heavy atom. The maximum Gasteiger partial charge on any atom is 0.115 e. The Balaban J connectivity index is 0.00000211. The molecule has 0 saturated carbocycles. The van der Waals surface area contributed by atoms with Gasteiger partial charge in [0.05, 0.1) is 0 Å². The molecule has 122 valence electrons. The van der Waals surface area contributed by atoms with Crippen LogP contribution in [0.2, 0.25) is 0 Å². The lowest BCUT2D eigenvalue weighted by molar-refractivity contribution is 0.203. The molecule has 2 N–H and O–H groups in total. The molecule has 0 radical (unpaired) electrons. The molecule has 0 fully saturated rings. The fourth-order valence-electron chi connectivity index (χ4n) is 1.90. The molecule has 2 nitrogen and oxygen atoms in total. The monoisotopic (exact) mass is 301 g/mol. The first-order valence-corrected chi connectivity index (χ1v) is 7.96. The van der Waals surface area contributed by atoms with Crippen LogP contribution in [0.5, 0.6) is 0 Å². The molecule has 0 aliphatic carbocycles. The molecule has 0 heterocycles. The zero-order valence-corrected chi connectivity index (χ0v) is 14.7. The number of ether oxygens (including phenoxy) is 1. The van der Waals surface area contributed by atoms with Crippen LogP contribution in [-0.2, 0) is 11.2 Å². The highest BCUT2D eigenvalue weighted by Crippen LogP contribution is 2.09. The number of allylic oxidation sites excluding steroid dienone is 4. The van der Waals surface area contributed by atoms with Crippen molar-refractivity contribution in [1.29, 1.82) is 0 Å². The predicted molar refractivity (Wildman–Crippen MR) is 97.9 cm³/mol. The molecule has 0 saturated heterocycles. The number of rotatable bonds is 7. The van der Waals surface area contributed by atoms with E-state index in [1.165, 1.54) is 11.1 Å². The van der Waals surface area contributed by atoms with Gasteiger partial charge in [0, 0.05) is 6.04 Å². The summed E-state index contributed by atoms with van der Waals surface area (Å²) >= 11 is 0. The van der Waals surface area contributed by atoms with Gasteiger partial charge in [0.2, 0.25) is 0 Å². The van der Waals surface area contributed by atoms with Crippen LogP contribution in [0.1, 0.15) is 38.8 Å². The zero-order chi connectivity index (χ0) is 17.0. The van der Waals surface area contributed by atoms with Gasteiger partial charge in [-0.25, -0.2) is 0 Å². The summed E-state index contributed by atoms with van der Waals surface area (Å²) in [5, 5.41) is 0. The van der Waals surface area contributed by atoms with Gasteiger partial charge in [-0.15, -0.1) is 0 Å². The van der Waals surface area contributed by atoms with Crippen molar-refractivity contribution in [1.82, 2.24) is 0 Å². The summed E-state index contributed by atoms with van der Waals surface area (Å²) in [6, 6.07) is 8.41. The van der Waals surface area contributed by atoms with E-state index < -0.39 is 0 Å². The number of nitrogens with two attached hydrogens (primary N) is 1. The van der Waals surface area contributed by atoms with Gasteiger partial charge in [-0.1, -0.05) is 56.3 Å². The third-order valence-corrected chi connectivity index (χ3v) is 3.02. The minimum absolute atomic E-state index is 0.0100. The minimum atomic E-state index is -0.0100. The highest BCUT2D eigenvalue weighted by Gasteiger charge is 2.06. The topological polar surface area (TPSA) is 35.2 Å². The van der Waals surface area contributed by atoms with Gasteiger partial charge in [0.15, 0.2) is 0 Å². The van der Waals surface area contributed by atoms with Crippen molar-refractivity contribution < 1.29 is 4.74 Å². The Morgan fingerprint density at radius 3 is 2.59 bits per heavy atom. The molecule has 0 aliphatic rings. The molecule has 1 aromatic rings. The second kappa shape index (κ2) is 11.8. The van der Waals surface area contributed by atoms with Crippen molar-refractivity contribution in [3.05, 3.63) is 71.5 Å². The lowest BCUT2D eigenvalue weighted by Crippen LogP contribution is -2.28. The predicted octanol–water partition coefficient (Wildman–Crippen LogP) is 4.94. The quantitative estimate of drug-likeness (QED) is 0.571. The van der Waals surface area contributed by atoms with Gasteiger partial charge in [0.1, 0.15) is 12.4 Å². The van der Waals surface area contributed by atoms with E-state index in [2.05, 4.69) is 37.8 Å². The molecule has 0 amide bonds. The van der Waals surface area contributed by atoms with Crippen molar-refractivity contribution in [3.8, 4) is 0 Å². The average molecular weight is 301 g/mol. The molecule has 1 rings (SSSR count). The van der Waals surface area contributed by atoms with E-state index in [0.717, 1.165) is 17.8 Å². The van der Waals surface area contributed by atoms with E-state index in [-0.39, 0.29) is 6.04 Å². The normalized spacial score (nSPS) is 13.0. The Morgan fingerprint density at radius 2 is 2.05 bits per heavy atom. The fraction of sp³-hybridized carbons (Fsp3) is 0.400. The summed E-state index contributed by atoms with van der Waals surface area (Å²) in [5.74, 6) is 0.835. The third kappa shape index (κ3) is 8.48. The van der Waals surface area contributed by atoms with Crippen molar-refractivity contribution in [2.45, 2.75) is 47.1 Å².